The summed E-state index contributed by atoms with van der Waals surface area (Å²) in [5.41, 5.74) is 4.38. The lowest BCUT2D eigenvalue weighted by Gasteiger charge is -1.96. The zero-order valence-electron chi connectivity index (χ0n) is 7.05. The monoisotopic (exact) mass is 165 g/mol. The van der Waals surface area contributed by atoms with Crippen LogP contribution in [0.15, 0.2) is 12.1 Å². The van der Waals surface area contributed by atoms with Crippen molar-refractivity contribution in [3.05, 3.63) is 23.3 Å². The molecule has 1 heterocycles. The first kappa shape index (κ1) is 8.67. The minimum atomic E-state index is 0. The molecule has 0 saturated heterocycles. The Kier molecular flexibility index (Phi) is 2.10. The highest BCUT2D eigenvalue weighted by Crippen LogP contribution is 2.15. The Bertz CT molecular complexity index is 394. The van der Waals surface area contributed by atoms with Gasteiger partial charge in [-0.25, -0.2) is 0 Å². The van der Waals surface area contributed by atoms with Gasteiger partial charge in [-0.15, -0.1) is 0 Å². The molecule has 0 aliphatic carbocycles. The standard InChI is InChI=1S/C8H9N3.H2O/c1-5-3-4-7-8(6(5)2)10-11-9-7;/h3-4H,1-2H3,(H,9,10,11);1H2. The number of hydrogen-bond acceptors (Lipinski definition) is 2. The summed E-state index contributed by atoms with van der Waals surface area (Å²) in [5, 5.41) is 10.6. The van der Waals surface area contributed by atoms with Crippen LogP contribution in [0, 0.1) is 13.8 Å². The number of nitrogens with one attached hydrogen (secondary N) is 1. The number of benzene rings is 1. The molecule has 1 aromatic carbocycles. The fourth-order valence-corrected chi connectivity index (χ4v) is 1.15. The second-order valence-corrected chi connectivity index (χ2v) is 2.70. The van der Waals surface area contributed by atoms with Crippen molar-refractivity contribution in [1.29, 1.82) is 0 Å². The maximum atomic E-state index is 4.04. The molecule has 0 unspecified atom stereocenters. The lowest BCUT2D eigenvalue weighted by atomic mass is 10.1. The van der Waals surface area contributed by atoms with Gasteiger partial charge in [0.05, 0.1) is 0 Å². The second-order valence-electron chi connectivity index (χ2n) is 2.70. The Morgan fingerprint density at radius 1 is 1.17 bits per heavy atom. The number of rotatable bonds is 0. The zero-order chi connectivity index (χ0) is 7.84. The number of fused-ring (bicyclic) bond motifs is 1. The summed E-state index contributed by atoms with van der Waals surface area (Å²) in [5.74, 6) is 0. The van der Waals surface area contributed by atoms with Crippen LogP contribution >= 0.6 is 0 Å². The van der Waals surface area contributed by atoms with E-state index >= 15 is 0 Å². The molecule has 1 aromatic heterocycles. The van der Waals surface area contributed by atoms with Gasteiger partial charge >= 0.3 is 0 Å². The summed E-state index contributed by atoms with van der Waals surface area (Å²) >= 11 is 0. The van der Waals surface area contributed by atoms with Gasteiger partial charge in [0, 0.05) is 0 Å². The number of aromatic amines is 1. The van der Waals surface area contributed by atoms with Crippen molar-refractivity contribution in [3.8, 4) is 0 Å². The van der Waals surface area contributed by atoms with Gasteiger partial charge < -0.3 is 5.48 Å². The molecule has 4 nitrogen and oxygen atoms in total. The van der Waals surface area contributed by atoms with E-state index in [-0.39, 0.29) is 5.48 Å². The molecule has 0 fully saturated rings. The minimum absolute atomic E-state index is 0. The summed E-state index contributed by atoms with van der Waals surface area (Å²) in [4.78, 5) is 0. The lowest BCUT2D eigenvalue weighted by Crippen LogP contribution is -1.81. The van der Waals surface area contributed by atoms with Crippen molar-refractivity contribution in [2.75, 3.05) is 0 Å². The Morgan fingerprint density at radius 3 is 2.67 bits per heavy atom. The molecule has 0 aliphatic rings. The summed E-state index contributed by atoms with van der Waals surface area (Å²) in [6.45, 7) is 4.13. The molecule has 12 heavy (non-hydrogen) atoms. The third-order valence-electron chi connectivity index (χ3n) is 2.01. The Labute approximate surface area is 69.9 Å². The first-order chi connectivity index (χ1) is 5.29. The molecule has 64 valence electrons. The quantitative estimate of drug-likeness (QED) is 0.625. The molecule has 0 aliphatic heterocycles. The molecular weight excluding hydrogens is 154 g/mol. The highest BCUT2D eigenvalue weighted by Gasteiger charge is 2.01. The molecule has 0 radical (unpaired) electrons. The summed E-state index contributed by atoms with van der Waals surface area (Å²) in [6, 6.07) is 4.03. The van der Waals surface area contributed by atoms with E-state index in [2.05, 4.69) is 35.3 Å². The molecule has 0 atom stereocenters. The van der Waals surface area contributed by atoms with Crippen molar-refractivity contribution < 1.29 is 5.48 Å². The van der Waals surface area contributed by atoms with Gasteiger partial charge in [0.1, 0.15) is 11.0 Å². The van der Waals surface area contributed by atoms with Gasteiger partial charge in [-0.3, -0.25) is 0 Å². The summed E-state index contributed by atoms with van der Waals surface area (Å²) in [7, 11) is 0. The van der Waals surface area contributed by atoms with Crippen LogP contribution in [0.2, 0.25) is 0 Å². The Morgan fingerprint density at radius 2 is 1.92 bits per heavy atom. The topological polar surface area (TPSA) is 73.1 Å². The molecule has 0 spiro atoms. The molecule has 3 N–H and O–H groups in total. The van der Waals surface area contributed by atoms with Crippen molar-refractivity contribution >= 4 is 11.0 Å². The van der Waals surface area contributed by atoms with Crippen molar-refractivity contribution in [3.63, 3.8) is 0 Å². The normalized spacial score (nSPS) is 9.83. The van der Waals surface area contributed by atoms with E-state index in [1.54, 1.807) is 0 Å². The molecule has 4 heteroatoms. The SMILES string of the molecule is Cc1ccc2n[nH]nc2c1C.O. The smallest absolute Gasteiger partial charge is 0.116 e. The van der Waals surface area contributed by atoms with Crippen LogP contribution in [0.4, 0.5) is 0 Å². The third-order valence-corrected chi connectivity index (χ3v) is 2.01. The Hall–Kier alpha value is -1.42. The molecular formula is C8H11N3O. The Balaban J connectivity index is 0.000000720. The molecule has 2 rings (SSSR count). The fraction of sp³-hybridized carbons (Fsp3) is 0.250. The predicted molar refractivity (Wildman–Crippen MR) is 47.0 cm³/mol. The second kappa shape index (κ2) is 2.91. The van der Waals surface area contributed by atoms with Crippen molar-refractivity contribution in [2.45, 2.75) is 13.8 Å². The average molecular weight is 165 g/mol. The number of H-pyrrole nitrogens is 1. The first-order valence-corrected chi connectivity index (χ1v) is 3.56. The van der Waals surface area contributed by atoms with Crippen LogP contribution < -0.4 is 0 Å². The van der Waals surface area contributed by atoms with E-state index in [0.717, 1.165) is 11.0 Å². The van der Waals surface area contributed by atoms with Gasteiger partial charge in [0.25, 0.3) is 0 Å². The van der Waals surface area contributed by atoms with Gasteiger partial charge in [-0.2, -0.15) is 15.4 Å². The summed E-state index contributed by atoms with van der Waals surface area (Å²) in [6.07, 6.45) is 0. The molecule has 0 saturated carbocycles. The number of nitrogens with zero attached hydrogens (tertiary/aromatic N) is 2. The number of aryl methyl sites for hydroxylation is 2. The third kappa shape index (κ3) is 1.06. The molecule has 0 amide bonds. The van der Waals surface area contributed by atoms with E-state index in [4.69, 9.17) is 0 Å². The predicted octanol–water partition coefficient (Wildman–Crippen LogP) is 0.750. The number of hydrogen-bond donors (Lipinski definition) is 1. The van der Waals surface area contributed by atoms with Gasteiger partial charge in [-0.05, 0) is 31.0 Å². The molecule has 0 bridgehead atoms. The van der Waals surface area contributed by atoms with Crippen LogP contribution in [0.5, 0.6) is 0 Å². The largest absolute Gasteiger partial charge is 0.412 e. The van der Waals surface area contributed by atoms with E-state index in [0.29, 0.717) is 0 Å². The summed E-state index contributed by atoms with van der Waals surface area (Å²) < 4.78 is 0. The first-order valence-electron chi connectivity index (χ1n) is 3.56. The highest BCUT2D eigenvalue weighted by atomic mass is 16.0. The fourth-order valence-electron chi connectivity index (χ4n) is 1.15. The maximum Gasteiger partial charge on any atom is 0.116 e. The van der Waals surface area contributed by atoms with E-state index in [1.807, 2.05) is 6.07 Å². The van der Waals surface area contributed by atoms with Crippen LogP contribution in [0.25, 0.3) is 11.0 Å². The average Bonchev–Trinajstić information content (AvgIpc) is 2.45. The minimum Gasteiger partial charge on any atom is -0.412 e. The van der Waals surface area contributed by atoms with Gasteiger partial charge in [-0.1, -0.05) is 6.07 Å². The van der Waals surface area contributed by atoms with E-state index in [1.165, 1.54) is 11.1 Å². The van der Waals surface area contributed by atoms with Crippen LogP contribution in [0.3, 0.4) is 0 Å². The van der Waals surface area contributed by atoms with Crippen molar-refractivity contribution in [1.82, 2.24) is 15.4 Å². The zero-order valence-corrected chi connectivity index (χ0v) is 7.05. The highest BCUT2D eigenvalue weighted by molar-refractivity contribution is 5.78. The van der Waals surface area contributed by atoms with Gasteiger partial charge in [0.15, 0.2) is 0 Å². The number of aromatic nitrogens is 3. The van der Waals surface area contributed by atoms with E-state index < -0.39 is 0 Å². The van der Waals surface area contributed by atoms with Gasteiger partial charge in [0.2, 0.25) is 0 Å². The lowest BCUT2D eigenvalue weighted by molar-refractivity contribution is 0.824. The van der Waals surface area contributed by atoms with Crippen LogP contribution in [-0.4, -0.2) is 20.9 Å². The maximum absolute atomic E-state index is 4.04. The van der Waals surface area contributed by atoms with Crippen LogP contribution in [-0.2, 0) is 0 Å². The van der Waals surface area contributed by atoms with E-state index in [9.17, 15) is 0 Å². The van der Waals surface area contributed by atoms with Crippen LogP contribution in [0.1, 0.15) is 11.1 Å². The molecule has 2 aromatic rings. The van der Waals surface area contributed by atoms with Crippen molar-refractivity contribution in [2.24, 2.45) is 0 Å².